The molecule has 2 aromatic rings. The van der Waals surface area contributed by atoms with Crippen LogP contribution < -0.4 is 10.2 Å². The van der Waals surface area contributed by atoms with Crippen molar-refractivity contribution in [2.45, 2.75) is 33.6 Å². The van der Waals surface area contributed by atoms with Gasteiger partial charge >= 0.3 is 0 Å². The van der Waals surface area contributed by atoms with Gasteiger partial charge in [0.1, 0.15) is 10.6 Å². The minimum atomic E-state index is -0.279. The predicted molar refractivity (Wildman–Crippen MR) is 98.0 cm³/mol. The van der Waals surface area contributed by atoms with E-state index in [4.69, 9.17) is 16.3 Å². The summed E-state index contributed by atoms with van der Waals surface area (Å²) in [6.07, 6.45) is 1.92. The van der Waals surface area contributed by atoms with Crippen LogP contribution in [0.5, 0.6) is 5.75 Å². The summed E-state index contributed by atoms with van der Waals surface area (Å²) in [5.74, 6) is 1.08. The minimum Gasteiger partial charge on any atom is -0.497 e. The lowest BCUT2D eigenvalue weighted by Crippen LogP contribution is -2.18. The summed E-state index contributed by atoms with van der Waals surface area (Å²) in [6.45, 7) is 6.24. The summed E-state index contributed by atoms with van der Waals surface area (Å²) in [6, 6.07) is 5.57. The van der Waals surface area contributed by atoms with E-state index < -0.39 is 0 Å². The molecule has 0 aliphatic carbocycles. The van der Waals surface area contributed by atoms with Gasteiger partial charge < -0.3 is 4.74 Å². The third kappa shape index (κ3) is 4.45. The number of rotatable bonds is 6. The lowest BCUT2D eigenvalue weighted by molar-refractivity contribution is 0.0959. The van der Waals surface area contributed by atoms with Crippen LogP contribution in [0.25, 0.3) is 10.1 Å². The first-order valence-corrected chi connectivity index (χ1v) is 8.71. The van der Waals surface area contributed by atoms with Crippen molar-refractivity contribution in [2.24, 2.45) is 11.0 Å². The van der Waals surface area contributed by atoms with Gasteiger partial charge in [-0.05, 0) is 43.9 Å². The summed E-state index contributed by atoms with van der Waals surface area (Å²) in [5, 5.41) is 5.47. The number of thiophene rings is 1. The second kappa shape index (κ2) is 7.79. The highest BCUT2D eigenvalue weighted by atomic mass is 35.5. The van der Waals surface area contributed by atoms with Gasteiger partial charge in [0.15, 0.2) is 0 Å². The van der Waals surface area contributed by atoms with E-state index in [1.807, 2.05) is 25.1 Å². The maximum atomic E-state index is 12.3. The quantitative estimate of drug-likeness (QED) is 0.580. The fourth-order valence-corrected chi connectivity index (χ4v) is 3.50. The Morgan fingerprint density at radius 2 is 2.17 bits per heavy atom. The van der Waals surface area contributed by atoms with Crippen LogP contribution in [-0.2, 0) is 0 Å². The van der Waals surface area contributed by atoms with Gasteiger partial charge in [0.25, 0.3) is 5.91 Å². The van der Waals surface area contributed by atoms with E-state index in [0.29, 0.717) is 15.8 Å². The number of halogens is 1. The number of fused-ring (bicyclic) bond motifs is 1. The molecule has 23 heavy (non-hydrogen) atoms. The van der Waals surface area contributed by atoms with Gasteiger partial charge in [0, 0.05) is 15.8 Å². The molecule has 0 fully saturated rings. The van der Waals surface area contributed by atoms with Gasteiger partial charge in [0.05, 0.1) is 12.1 Å². The summed E-state index contributed by atoms with van der Waals surface area (Å²) >= 11 is 7.66. The molecule has 0 aliphatic rings. The Bertz CT molecular complexity index is 738. The van der Waals surface area contributed by atoms with Crippen molar-refractivity contribution in [1.82, 2.24) is 5.43 Å². The third-order valence-electron chi connectivity index (χ3n) is 3.47. The van der Waals surface area contributed by atoms with Gasteiger partial charge in [-0.1, -0.05) is 25.4 Å². The molecular formula is C17H21ClN2O2S. The van der Waals surface area contributed by atoms with Crippen molar-refractivity contribution in [3.05, 3.63) is 28.1 Å². The van der Waals surface area contributed by atoms with Gasteiger partial charge in [-0.3, -0.25) is 4.79 Å². The van der Waals surface area contributed by atoms with Crippen molar-refractivity contribution in [3.8, 4) is 5.75 Å². The number of nitrogens with zero attached hydrogens (tertiary/aromatic N) is 1. The van der Waals surface area contributed by atoms with E-state index in [0.717, 1.165) is 34.4 Å². The number of carbonyl (C=O) groups excluding carboxylic acids is 1. The van der Waals surface area contributed by atoms with E-state index in [2.05, 4.69) is 24.4 Å². The van der Waals surface area contributed by atoms with E-state index in [1.54, 1.807) is 7.11 Å². The van der Waals surface area contributed by atoms with Crippen LogP contribution in [0.2, 0.25) is 5.02 Å². The molecule has 0 radical (unpaired) electrons. The van der Waals surface area contributed by atoms with Crippen LogP contribution in [0.4, 0.5) is 0 Å². The maximum absolute atomic E-state index is 12.3. The number of carbonyl (C=O) groups is 1. The molecule has 0 saturated heterocycles. The summed E-state index contributed by atoms with van der Waals surface area (Å²) in [5.41, 5.74) is 3.50. The predicted octanol–water partition coefficient (Wildman–Crippen LogP) is 5.11. The highest BCUT2D eigenvalue weighted by molar-refractivity contribution is 7.21. The van der Waals surface area contributed by atoms with Crippen molar-refractivity contribution < 1.29 is 9.53 Å². The lowest BCUT2D eigenvalue weighted by Gasteiger charge is -2.04. The first kappa shape index (κ1) is 17.8. The zero-order valence-electron chi connectivity index (χ0n) is 13.8. The van der Waals surface area contributed by atoms with Crippen LogP contribution in [0, 0.1) is 5.92 Å². The van der Waals surface area contributed by atoms with Crippen molar-refractivity contribution in [1.29, 1.82) is 0 Å². The van der Waals surface area contributed by atoms with Gasteiger partial charge in [0.2, 0.25) is 0 Å². The molecule has 1 N–H and O–H groups in total. The number of benzene rings is 1. The fourth-order valence-electron chi connectivity index (χ4n) is 2.07. The Hall–Kier alpha value is -1.59. The SMILES string of the molecule is COc1ccc2c(Cl)c(C(=O)N/N=C(/C)CCC(C)C)sc2c1. The summed E-state index contributed by atoms with van der Waals surface area (Å²) in [7, 11) is 1.61. The first-order chi connectivity index (χ1) is 10.9. The van der Waals surface area contributed by atoms with Gasteiger partial charge in [-0.2, -0.15) is 5.10 Å². The Labute approximate surface area is 145 Å². The Morgan fingerprint density at radius 1 is 1.43 bits per heavy atom. The Kier molecular flexibility index (Phi) is 6.02. The lowest BCUT2D eigenvalue weighted by atomic mass is 10.1. The molecule has 2 rings (SSSR count). The average Bonchev–Trinajstić information content (AvgIpc) is 2.86. The molecule has 1 aromatic carbocycles. The molecule has 0 aliphatic heterocycles. The molecule has 0 bridgehead atoms. The summed E-state index contributed by atoms with van der Waals surface area (Å²) in [4.78, 5) is 12.8. The van der Waals surface area contributed by atoms with Crippen LogP contribution in [0.15, 0.2) is 23.3 Å². The molecule has 0 unspecified atom stereocenters. The molecule has 1 amide bonds. The van der Waals surface area contributed by atoms with E-state index in [-0.39, 0.29) is 5.91 Å². The number of ether oxygens (including phenoxy) is 1. The fraction of sp³-hybridized carbons (Fsp3) is 0.412. The van der Waals surface area contributed by atoms with E-state index in [1.165, 1.54) is 11.3 Å². The number of hydrazone groups is 1. The molecule has 124 valence electrons. The van der Waals surface area contributed by atoms with E-state index in [9.17, 15) is 4.79 Å². The minimum absolute atomic E-state index is 0.279. The highest BCUT2D eigenvalue weighted by Crippen LogP contribution is 2.37. The van der Waals surface area contributed by atoms with Crippen molar-refractivity contribution in [2.75, 3.05) is 7.11 Å². The zero-order chi connectivity index (χ0) is 17.0. The largest absolute Gasteiger partial charge is 0.497 e. The number of hydrogen-bond acceptors (Lipinski definition) is 4. The number of methoxy groups -OCH3 is 1. The Morgan fingerprint density at radius 3 is 2.83 bits per heavy atom. The molecule has 0 saturated carbocycles. The van der Waals surface area contributed by atoms with Crippen LogP contribution in [0.3, 0.4) is 0 Å². The van der Waals surface area contributed by atoms with Gasteiger partial charge in [-0.15, -0.1) is 11.3 Å². The second-order valence-corrected chi connectivity index (χ2v) is 7.26. The van der Waals surface area contributed by atoms with Crippen molar-refractivity contribution in [3.63, 3.8) is 0 Å². The first-order valence-electron chi connectivity index (χ1n) is 7.52. The zero-order valence-corrected chi connectivity index (χ0v) is 15.3. The molecule has 0 atom stereocenters. The number of amides is 1. The third-order valence-corrected chi connectivity index (χ3v) is 5.13. The molecule has 4 nitrogen and oxygen atoms in total. The highest BCUT2D eigenvalue weighted by Gasteiger charge is 2.17. The molecule has 1 heterocycles. The molecule has 1 aromatic heterocycles. The number of nitrogens with one attached hydrogen (secondary N) is 1. The normalized spacial score (nSPS) is 12.0. The number of hydrogen-bond donors (Lipinski definition) is 1. The average molecular weight is 353 g/mol. The van der Waals surface area contributed by atoms with Crippen molar-refractivity contribution >= 4 is 44.6 Å². The summed E-state index contributed by atoms with van der Waals surface area (Å²) < 4.78 is 6.11. The monoisotopic (exact) mass is 352 g/mol. The van der Waals surface area contributed by atoms with Crippen LogP contribution in [0.1, 0.15) is 43.3 Å². The van der Waals surface area contributed by atoms with Crippen LogP contribution in [-0.4, -0.2) is 18.7 Å². The smallest absolute Gasteiger partial charge is 0.283 e. The second-order valence-electron chi connectivity index (χ2n) is 5.83. The van der Waals surface area contributed by atoms with Crippen LogP contribution >= 0.6 is 22.9 Å². The molecule has 0 spiro atoms. The standard InChI is InChI=1S/C17H21ClN2O2S/c1-10(2)5-6-11(3)19-20-17(21)16-15(18)13-8-7-12(22-4)9-14(13)23-16/h7-10H,5-6H2,1-4H3,(H,20,21)/b19-11-. The molecular weight excluding hydrogens is 332 g/mol. The molecule has 6 heteroatoms. The Balaban J connectivity index is 2.14. The van der Waals surface area contributed by atoms with Gasteiger partial charge in [-0.25, -0.2) is 5.43 Å². The van der Waals surface area contributed by atoms with E-state index >= 15 is 0 Å². The maximum Gasteiger partial charge on any atom is 0.283 e. The topological polar surface area (TPSA) is 50.7 Å².